The number of hydrogen-bond donors (Lipinski definition) is 2. The van der Waals surface area contributed by atoms with Crippen molar-refractivity contribution >= 4 is 17.6 Å². The van der Waals surface area contributed by atoms with E-state index in [1.54, 1.807) is 18.2 Å². The van der Waals surface area contributed by atoms with Crippen LogP contribution in [0.25, 0.3) is 0 Å². The van der Waals surface area contributed by atoms with Crippen molar-refractivity contribution in [1.29, 1.82) is 0 Å². The maximum atomic E-state index is 11.3. The highest BCUT2D eigenvalue weighted by molar-refractivity contribution is 6.30. The topological polar surface area (TPSA) is 49.3 Å². The molecule has 2 rings (SSSR count). The molecule has 0 spiro atoms. The SMILES string of the molecule is O=C(O)C(NCc1cccc(Cl)c1)c1ccccc1. The Morgan fingerprint density at radius 2 is 1.89 bits per heavy atom. The van der Waals surface area contributed by atoms with E-state index in [1.807, 2.05) is 36.4 Å². The van der Waals surface area contributed by atoms with E-state index in [0.29, 0.717) is 11.6 Å². The highest BCUT2D eigenvalue weighted by Gasteiger charge is 2.18. The standard InChI is InChI=1S/C15H14ClNO2/c16-13-8-4-5-11(9-13)10-17-14(15(18)19)12-6-2-1-3-7-12/h1-9,14,17H,10H2,(H,18,19). The summed E-state index contributed by atoms with van der Waals surface area (Å²) in [5.74, 6) is -0.895. The lowest BCUT2D eigenvalue weighted by Crippen LogP contribution is -2.28. The molecule has 0 saturated carbocycles. The Balaban J connectivity index is 2.08. The van der Waals surface area contributed by atoms with Gasteiger partial charge in [-0.25, -0.2) is 0 Å². The maximum Gasteiger partial charge on any atom is 0.325 e. The van der Waals surface area contributed by atoms with Gasteiger partial charge in [0, 0.05) is 11.6 Å². The number of aliphatic carboxylic acids is 1. The first-order valence-corrected chi connectivity index (χ1v) is 6.30. The average molecular weight is 276 g/mol. The summed E-state index contributed by atoms with van der Waals surface area (Å²) in [6.07, 6.45) is 0. The Kier molecular flexibility index (Phi) is 4.55. The molecule has 0 radical (unpaired) electrons. The third-order valence-electron chi connectivity index (χ3n) is 2.78. The van der Waals surface area contributed by atoms with Crippen LogP contribution in [0.1, 0.15) is 17.2 Å². The van der Waals surface area contributed by atoms with Crippen LogP contribution in [0.2, 0.25) is 5.02 Å². The number of benzene rings is 2. The summed E-state index contributed by atoms with van der Waals surface area (Å²) in [6, 6.07) is 15.7. The predicted octanol–water partition coefficient (Wildman–Crippen LogP) is 3.26. The summed E-state index contributed by atoms with van der Waals surface area (Å²) in [6.45, 7) is 0.451. The fourth-order valence-corrected chi connectivity index (χ4v) is 2.07. The molecule has 0 aliphatic carbocycles. The van der Waals surface area contributed by atoms with Crippen LogP contribution < -0.4 is 5.32 Å². The van der Waals surface area contributed by atoms with Gasteiger partial charge in [0.2, 0.25) is 0 Å². The molecule has 19 heavy (non-hydrogen) atoms. The molecule has 0 aliphatic heterocycles. The first-order chi connectivity index (χ1) is 9.16. The quantitative estimate of drug-likeness (QED) is 0.881. The predicted molar refractivity (Wildman–Crippen MR) is 75.1 cm³/mol. The van der Waals surface area contributed by atoms with Gasteiger partial charge in [0.25, 0.3) is 0 Å². The van der Waals surface area contributed by atoms with Crippen LogP contribution in [0.15, 0.2) is 54.6 Å². The third kappa shape index (κ3) is 3.81. The molecule has 4 heteroatoms. The van der Waals surface area contributed by atoms with Gasteiger partial charge in [0.1, 0.15) is 6.04 Å². The summed E-state index contributed by atoms with van der Waals surface area (Å²) in [5, 5.41) is 12.9. The molecule has 0 aromatic heterocycles. The Bertz CT molecular complexity index is 557. The van der Waals surface area contributed by atoms with Gasteiger partial charge in [0.05, 0.1) is 0 Å². The van der Waals surface area contributed by atoms with Gasteiger partial charge in [-0.05, 0) is 23.3 Å². The lowest BCUT2D eigenvalue weighted by atomic mass is 10.1. The van der Waals surface area contributed by atoms with Crippen molar-refractivity contribution in [3.63, 3.8) is 0 Å². The van der Waals surface area contributed by atoms with E-state index >= 15 is 0 Å². The van der Waals surface area contributed by atoms with E-state index in [1.165, 1.54) is 0 Å². The summed E-state index contributed by atoms with van der Waals surface area (Å²) < 4.78 is 0. The van der Waals surface area contributed by atoms with Crippen LogP contribution in [0.5, 0.6) is 0 Å². The lowest BCUT2D eigenvalue weighted by molar-refractivity contribution is -0.139. The van der Waals surface area contributed by atoms with E-state index in [0.717, 1.165) is 11.1 Å². The zero-order valence-corrected chi connectivity index (χ0v) is 11.0. The fraction of sp³-hybridized carbons (Fsp3) is 0.133. The highest BCUT2D eigenvalue weighted by Crippen LogP contribution is 2.15. The van der Waals surface area contributed by atoms with Crippen molar-refractivity contribution in [1.82, 2.24) is 5.32 Å². The molecule has 2 aromatic rings. The van der Waals surface area contributed by atoms with E-state index in [9.17, 15) is 9.90 Å². The highest BCUT2D eigenvalue weighted by atomic mass is 35.5. The Morgan fingerprint density at radius 1 is 1.16 bits per heavy atom. The molecule has 2 N–H and O–H groups in total. The van der Waals surface area contributed by atoms with Crippen LogP contribution in [-0.2, 0) is 11.3 Å². The van der Waals surface area contributed by atoms with E-state index < -0.39 is 12.0 Å². The number of hydrogen-bond acceptors (Lipinski definition) is 2. The second-order valence-corrected chi connectivity index (χ2v) is 4.63. The lowest BCUT2D eigenvalue weighted by Gasteiger charge is -2.15. The van der Waals surface area contributed by atoms with Gasteiger partial charge < -0.3 is 5.11 Å². The smallest absolute Gasteiger partial charge is 0.325 e. The molecule has 1 unspecified atom stereocenters. The van der Waals surface area contributed by atoms with E-state index in [4.69, 9.17) is 11.6 Å². The molecule has 0 bridgehead atoms. The Labute approximate surface area is 116 Å². The summed E-state index contributed by atoms with van der Waals surface area (Å²) in [5.41, 5.74) is 1.69. The molecule has 98 valence electrons. The molecule has 1 atom stereocenters. The third-order valence-corrected chi connectivity index (χ3v) is 3.01. The number of nitrogens with one attached hydrogen (secondary N) is 1. The number of carboxylic acid groups (broad SMARTS) is 1. The van der Waals surface area contributed by atoms with E-state index in [-0.39, 0.29) is 0 Å². The van der Waals surface area contributed by atoms with Crippen molar-refractivity contribution in [3.8, 4) is 0 Å². The van der Waals surface area contributed by atoms with Gasteiger partial charge >= 0.3 is 5.97 Å². The van der Waals surface area contributed by atoms with Gasteiger partial charge in [-0.1, -0.05) is 54.1 Å². The molecule has 3 nitrogen and oxygen atoms in total. The molecule has 0 aliphatic rings. The monoisotopic (exact) mass is 275 g/mol. The van der Waals surface area contributed by atoms with Gasteiger partial charge in [-0.3, -0.25) is 10.1 Å². The molecule has 0 amide bonds. The fourth-order valence-electron chi connectivity index (χ4n) is 1.86. The van der Waals surface area contributed by atoms with Gasteiger partial charge in [-0.15, -0.1) is 0 Å². The average Bonchev–Trinajstić information content (AvgIpc) is 2.40. The number of carboxylic acids is 1. The van der Waals surface area contributed by atoms with Crippen molar-refractivity contribution in [2.75, 3.05) is 0 Å². The summed E-state index contributed by atoms with van der Waals surface area (Å²) in [4.78, 5) is 11.3. The number of halogens is 1. The van der Waals surface area contributed by atoms with Crippen LogP contribution >= 0.6 is 11.6 Å². The normalized spacial score (nSPS) is 12.1. The second kappa shape index (κ2) is 6.36. The van der Waals surface area contributed by atoms with Crippen LogP contribution in [0.4, 0.5) is 0 Å². The first-order valence-electron chi connectivity index (χ1n) is 5.92. The van der Waals surface area contributed by atoms with Crippen molar-refractivity contribution in [3.05, 3.63) is 70.7 Å². The Morgan fingerprint density at radius 3 is 2.53 bits per heavy atom. The Hall–Kier alpha value is -1.84. The van der Waals surface area contributed by atoms with Gasteiger partial charge in [0.15, 0.2) is 0 Å². The van der Waals surface area contributed by atoms with Crippen molar-refractivity contribution in [2.45, 2.75) is 12.6 Å². The van der Waals surface area contributed by atoms with Crippen LogP contribution in [-0.4, -0.2) is 11.1 Å². The summed E-state index contributed by atoms with van der Waals surface area (Å²) in [7, 11) is 0. The largest absolute Gasteiger partial charge is 0.480 e. The van der Waals surface area contributed by atoms with Crippen LogP contribution in [0.3, 0.4) is 0 Å². The minimum absolute atomic E-state index is 0.451. The van der Waals surface area contributed by atoms with Crippen molar-refractivity contribution in [2.24, 2.45) is 0 Å². The first kappa shape index (κ1) is 13.6. The molecule has 2 aromatic carbocycles. The minimum Gasteiger partial charge on any atom is -0.480 e. The van der Waals surface area contributed by atoms with Crippen LogP contribution in [0, 0.1) is 0 Å². The maximum absolute atomic E-state index is 11.3. The molecule has 0 saturated heterocycles. The zero-order valence-electron chi connectivity index (χ0n) is 10.2. The van der Waals surface area contributed by atoms with E-state index in [2.05, 4.69) is 5.32 Å². The molecular weight excluding hydrogens is 262 g/mol. The summed E-state index contributed by atoms with van der Waals surface area (Å²) >= 11 is 5.90. The zero-order chi connectivity index (χ0) is 13.7. The van der Waals surface area contributed by atoms with Gasteiger partial charge in [-0.2, -0.15) is 0 Å². The molecule has 0 fully saturated rings. The second-order valence-electron chi connectivity index (χ2n) is 4.19. The van der Waals surface area contributed by atoms with Crippen molar-refractivity contribution < 1.29 is 9.90 Å². The molecular formula is C15H14ClNO2. The minimum atomic E-state index is -0.895. The molecule has 0 heterocycles. The number of rotatable bonds is 5. The number of carbonyl (C=O) groups is 1.